The van der Waals surface area contributed by atoms with Crippen LogP contribution in [0.15, 0.2) is 24.5 Å². The first-order valence-corrected chi connectivity index (χ1v) is 4.57. The van der Waals surface area contributed by atoms with Gasteiger partial charge in [-0.15, -0.1) is 10.2 Å². The lowest BCUT2D eigenvalue weighted by molar-refractivity contribution is 0.881. The lowest BCUT2D eigenvalue weighted by atomic mass is 10.1. The molecule has 0 aliphatic carbocycles. The van der Waals surface area contributed by atoms with Gasteiger partial charge in [0, 0.05) is 24.2 Å². The number of fused-ring (bicyclic) bond motifs is 1. The van der Waals surface area contributed by atoms with Gasteiger partial charge in [0.2, 0.25) is 0 Å². The molecule has 0 atom stereocenters. The van der Waals surface area contributed by atoms with Gasteiger partial charge >= 0.3 is 0 Å². The van der Waals surface area contributed by atoms with Gasteiger partial charge in [-0.2, -0.15) is 5.21 Å². The van der Waals surface area contributed by atoms with E-state index < -0.39 is 0 Å². The number of H-pyrrole nitrogens is 2. The van der Waals surface area contributed by atoms with Crippen molar-refractivity contribution in [2.45, 2.75) is 6.42 Å². The van der Waals surface area contributed by atoms with Gasteiger partial charge < -0.3 is 4.98 Å². The van der Waals surface area contributed by atoms with Gasteiger partial charge in [-0.25, -0.2) is 4.98 Å². The predicted octanol–water partition coefficient (Wildman–Crippen LogP) is 0.667. The maximum absolute atomic E-state index is 4.21. The fraction of sp³-hybridized carbons (Fsp3) is 0.111. The van der Waals surface area contributed by atoms with Crippen LogP contribution >= 0.6 is 0 Å². The van der Waals surface area contributed by atoms with Crippen molar-refractivity contribution < 1.29 is 0 Å². The molecule has 0 aliphatic heterocycles. The van der Waals surface area contributed by atoms with Gasteiger partial charge in [-0.3, -0.25) is 0 Å². The zero-order valence-electron chi connectivity index (χ0n) is 7.81. The van der Waals surface area contributed by atoms with Crippen molar-refractivity contribution >= 4 is 11.0 Å². The van der Waals surface area contributed by atoms with E-state index in [4.69, 9.17) is 0 Å². The Morgan fingerprint density at radius 3 is 3.20 bits per heavy atom. The van der Waals surface area contributed by atoms with Crippen LogP contribution in [0.5, 0.6) is 0 Å². The van der Waals surface area contributed by atoms with E-state index in [2.05, 4.69) is 30.6 Å². The number of tetrazole rings is 1. The van der Waals surface area contributed by atoms with Gasteiger partial charge in [-0.05, 0) is 17.7 Å². The Kier molecular flexibility index (Phi) is 1.71. The highest BCUT2D eigenvalue weighted by molar-refractivity contribution is 5.79. The number of aromatic nitrogens is 6. The van der Waals surface area contributed by atoms with Crippen molar-refractivity contribution in [3.63, 3.8) is 0 Å². The quantitative estimate of drug-likeness (QED) is 0.636. The van der Waals surface area contributed by atoms with E-state index in [0.29, 0.717) is 12.2 Å². The van der Waals surface area contributed by atoms with Crippen LogP contribution in [0.1, 0.15) is 11.4 Å². The third-order valence-corrected chi connectivity index (χ3v) is 2.27. The highest BCUT2D eigenvalue weighted by atomic mass is 15.5. The van der Waals surface area contributed by atoms with Crippen LogP contribution in [-0.4, -0.2) is 30.6 Å². The zero-order chi connectivity index (χ0) is 10.1. The minimum absolute atomic E-state index is 0.655. The molecule has 0 aromatic carbocycles. The molecule has 3 aromatic rings. The molecule has 3 aromatic heterocycles. The number of pyridine rings is 1. The fourth-order valence-corrected chi connectivity index (χ4v) is 1.59. The summed E-state index contributed by atoms with van der Waals surface area (Å²) in [6.07, 6.45) is 4.34. The monoisotopic (exact) mass is 200 g/mol. The summed E-state index contributed by atoms with van der Waals surface area (Å²) in [6, 6.07) is 3.93. The second-order valence-electron chi connectivity index (χ2n) is 3.22. The number of nitrogens with one attached hydrogen (secondary N) is 2. The van der Waals surface area contributed by atoms with E-state index >= 15 is 0 Å². The maximum atomic E-state index is 4.21. The van der Waals surface area contributed by atoms with E-state index in [0.717, 1.165) is 16.6 Å². The molecule has 0 fully saturated rings. The molecule has 2 N–H and O–H groups in total. The summed E-state index contributed by atoms with van der Waals surface area (Å²) in [5.41, 5.74) is 2.01. The Bertz CT molecular complexity index is 567. The first-order chi connectivity index (χ1) is 7.43. The SMILES string of the molecule is c1cnc2[nH]cc(Cc3nn[nH]n3)c2c1. The Labute approximate surface area is 84.7 Å². The molecule has 3 rings (SSSR count). The summed E-state index contributed by atoms with van der Waals surface area (Å²) in [7, 11) is 0. The van der Waals surface area contributed by atoms with Crippen LogP contribution in [-0.2, 0) is 6.42 Å². The molecule has 15 heavy (non-hydrogen) atoms. The third kappa shape index (κ3) is 1.35. The molecule has 0 bridgehead atoms. The molecular weight excluding hydrogens is 192 g/mol. The number of aromatic amines is 2. The van der Waals surface area contributed by atoms with E-state index in [1.807, 2.05) is 18.3 Å². The molecule has 0 unspecified atom stereocenters. The number of hydrogen-bond donors (Lipinski definition) is 2. The average molecular weight is 200 g/mol. The number of rotatable bonds is 2. The van der Waals surface area contributed by atoms with Crippen molar-refractivity contribution in [3.8, 4) is 0 Å². The van der Waals surface area contributed by atoms with Crippen molar-refractivity contribution in [1.82, 2.24) is 30.6 Å². The molecule has 0 spiro atoms. The van der Waals surface area contributed by atoms with Crippen LogP contribution in [0.4, 0.5) is 0 Å². The van der Waals surface area contributed by atoms with Gasteiger partial charge in [0.15, 0.2) is 5.82 Å². The smallest absolute Gasteiger partial charge is 0.178 e. The molecule has 0 amide bonds. The van der Waals surface area contributed by atoms with Crippen molar-refractivity contribution in [2.75, 3.05) is 0 Å². The molecule has 74 valence electrons. The molecule has 0 radical (unpaired) electrons. The van der Waals surface area contributed by atoms with Crippen molar-refractivity contribution in [3.05, 3.63) is 35.9 Å². The third-order valence-electron chi connectivity index (χ3n) is 2.27. The summed E-state index contributed by atoms with van der Waals surface area (Å²) in [5.74, 6) is 0.680. The average Bonchev–Trinajstić information content (AvgIpc) is 2.89. The zero-order valence-corrected chi connectivity index (χ0v) is 7.81. The van der Waals surface area contributed by atoms with Crippen LogP contribution < -0.4 is 0 Å². The van der Waals surface area contributed by atoms with E-state index in [9.17, 15) is 0 Å². The lowest BCUT2D eigenvalue weighted by Gasteiger charge is -1.92. The maximum Gasteiger partial charge on any atom is 0.178 e. The fourth-order valence-electron chi connectivity index (χ4n) is 1.59. The second kappa shape index (κ2) is 3.16. The molecule has 6 heteroatoms. The first kappa shape index (κ1) is 8.10. The van der Waals surface area contributed by atoms with Crippen LogP contribution in [0, 0.1) is 0 Å². The van der Waals surface area contributed by atoms with Crippen molar-refractivity contribution in [1.29, 1.82) is 0 Å². The summed E-state index contributed by atoms with van der Waals surface area (Å²) >= 11 is 0. The Morgan fingerprint density at radius 1 is 1.33 bits per heavy atom. The Balaban J connectivity index is 2.05. The summed E-state index contributed by atoms with van der Waals surface area (Å²) in [5, 5.41) is 14.9. The predicted molar refractivity (Wildman–Crippen MR) is 53.1 cm³/mol. The molecule has 0 aliphatic rings. The standard InChI is InChI=1S/C9H8N6/c1-2-7-6(4-8-12-14-15-13-8)5-11-9(7)10-3-1/h1-3,5H,4H2,(H,10,11)(H,12,13,14,15). The number of nitrogens with zero attached hydrogens (tertiary/aromatic N) is 4. The van der Waals surface area contributed by atoms with E-state index in [-0.39, 0.29) is 0 Å². The summed E-state index contributed by atoms with van der Waals surface area (Å²) in [4.78, 5) is 7.31. The molecule has 0 saturated heterocycles. The molecule has 0 saturated carbocycles. The topological polar surface area (TPSA) is 83.1 Å². The van der Waals surface area contributed by atoms with Gasteiger partial charge in [-0.1, -0.05) is 5.21 Å². The number of hydrogen-bond acceptors (Lipinski definition) is 4. The molecule has 6 nitrogen and oxygen atoms in total. The minimum Gasteiger partial charge on any atom is -0.346 e. The Morgan fingerprint density at radius 2 is 2.33 bits per heavy atom. The molecule has 3 heterocycles. The van der Waals surface area contributed by atoms with E-state index in [1.165, 1.54) is 0 Å². The largest absolute Gasteiger partial charge is 0.346 e. The van der Waals surface area contributed by atoms with Gasteiger partial charge in [0.05, 0.1) is 0 Å². The lowest BCUT2D eigenvalue weighted by Crippen LogP contribution is -1.89. The second-order valence-corrected chi connectivity index (χ2v) is 3.22. The highest BCUT2D eigenvalue weighted by Gasteiger charge is 2.06. The van der Waals surface area contributed by atoms with Crippen LogP contribution in [0.3, 0.4) is 0 Å². The molecular formula is C9H8N6. The summed E-state index contributed by atoms with van der Waals surface area (Å²) < 4.78 is 0. The Hall–Kier alpha value is -2.24. The van der Waals surface area contributed by atoms with Crippen molar-refractivity contribution in [2.24, 2.45) is 0 Å². The highest BCUT2D eigenvalue weighted by Crippen LogP contribution is 2.17. The minimum atomic E-state index is 0.655. The van der Waals surface area contributed by atoms with Gasteiger partial charge in [0.25, 0.3) is 0 Å². The van der Waals surface area contributed by atoms with Gasteiger partial charge in [0.1, 0.15) is 5.65 Å². The van der Waals surface area contributed by atoms with Crippen LogP contribution in [0.25, 0.3) is 11.0 Å². The normalized spacial score (nSPS) is 10.9. The first-order valence-electron chi connectivity index (χ1n) is 4.57. The van der Waals surface area contributed by atoms with Crippen LogP contribution in [0.2, 0.25) is 0 Å². The van der Waals surface area contributed by atoms with E-state index in [1.54, 1.807) is 6.20 Å². The summed E-state index contributed by atoms with van der Waals surface area (Å²) in [6.45, 7) is 0.